The van der Waals surface area contributed by atoms with E-state index in [-0.39, 0.29) is 29.4 Å². The third-order valence-corrected chi connectivity index (χ3v) is 4.30. The molecule has 0 bridgehead atoms. The first-order valence-corrected chi connectivity index (χ1v) is 7.59. The Morgan fingerprint density at radius 3 is 2.65 bits per heavy atom. The lowest BCUT2D eigenvalue weighted by atomic mass is 10.2. The van der Waals surface area contributed by atoms with E-state index in [0.717, 1.165) is 16.7 Å². The molecule has 1 aliphatic rings. The highest BCUT2D eigenvalue weighted by Crippen LogP contribution is 2.35. The van der Waals surface area contributed by atoms with Gasteiger partial charge in [-0.1, -0.05) is 5.92 Å². The Morgan fingerprint density at radius 2 is 2.00 bits per heavy atom. The standard InChI is InChI=1S/C15H12FN5O4S/c1-3-4-19-10-6-9(8(16)5-11(10)25-7-12(19)22)20-13(23)18(2)15(26)21(17)14(20)24/h1,5-6H,4,7,17H2,2H3. The fourth-order valence-electron chi connectivity index (χ4n) is 2.52. The first-order chi connectivity index (χ1) is 12.3. The van der Waals surface area contributed by atoms with Crippen molar-refractivity contribution in [3.05, 3.63) is 43.7 Å². The quantitative estimate of drug-likeness (QED) is 0.421. The Bertz CT molecular complexity index is 1120. The summed E-state index contributed by atoms with van der Waals surface area (Å²) < 4.78 is 21.5. The largest absolute Gasteiger partial charge is 0.481 e. The zero-order chi connectivity index (χ0) is 19.2. The number of halogens is 1. The number of terminal acetylenes is 1. The van der Waals surface area contributed by atoms with Gasteiger partial charge in [0, 0.05) is 13.1 Å². The van der Waals surface area contributed by atoms with Gasteiger partial charge in [-0.05, 0) is 18.3 Å². The second-order valence-electron chi connectivity index (χ2n) is 5.36. The average Bonchev–Trinajstić information content (AvgIpc) is 2.62. The molecule has 1 aromatic carbocycles. The summed E-state index contributed by atoms with van der Waals surface area (Å²) in [6.07, 6.45) is 5.26. The number of nitrogens with zero attached hydrogens (tertiary/aromatic N) is 4. The number of fused-ring (bicyclic) bond motifs is 1. The van der Waals surface area contributed by atoms with Gasteiger partial charge in [0.1, 0.15) is 5.75 Å². The molecule has 0 saturated carbocycles. The van der Waals surface area contributed by atoms with Crippen molar-refractivity contribution >= 4 is 23.8 Å². The van der Waals surface area contributed by atoms with E-state index in [2.05, 4.69) is 5.92 Å². The fraction of sp³-hybridized carbons (Fsp3) is 0.200. The first-order valence-electron chi connectivity index (χ1n) is 7.18. The SMILES string of the molecule is C#CCN1C(=O)COc2cc(F)c(-n3c(=O)n(C)c(=S)n(N)c3=O)cc21. The maximum atomic E-state index is 14.6. The van der Waals surface area contributed by atoms with Crippen LogP contribution in [0.5, 0.6) is 5.75 Å². The van der Waals surface area contributed by atoms with E-state index in [4.69, 9.17) is 29.2 Å². The van der Waals surface area contributed by atoms with Crippen LogP contribution < -0.4 is 26.9 Å². The molecule has 1 aliphatic heterocycles. The predicted molar refractivity (Wildman–Crippen MR) is 92.9 cm³/mol. The van der Waals surface area contributed by atoms with Crippen LogP contribution in [0, 0.1) is 22.9 Å². The van der Waals surface area contributed by atoms with Crippen LogP contribution in [0.3, 0.4) is 0 Å². The zero-order valence-electron chi connectivity index (χ0n) is 13.4. The Morgan fingerprint density at radius 1 is 1.31 bits per heavy atom. The van der Waals surface area contributed by atoms with Crippen LogP contribution in [0.1, 0.15) is 0 Å². The van der Waals surface area contributed by atoms with Crippen LogP contribution in [0.2, 0.25) is 0 Å². The normalized spacial score (nSPS) is 13.1. The Balaban J connectivity index is 2.35. The lowest BCUT2D eigenvalue weighted by Gasteiger charge is -2.28. The minimum atomic E-state index is -1.04. The van der Waals surface area contributed by atoms with Crippen molar-refractivity contribution in [2.45, 2.75) is 0 Å². The summed E-state index contributed by atoms with van der Waals surface area (Å²) >= 11 is 4.88. The van der Waals surface area contributed by atoms with Gasteiger partial charge < -0.3 is 10.6 Å². The lowest BCUT2D eigenvalue weighted by Crippen LogP contribution is -2.47. The van der Waals surface area contributed by atoms with Crippen molar-refractivity contribution in [2.24, 2.45) is 7.05 Å². The van der Waals surface area contributed by atoms with Crippen molar-refractivity contribution in [1.29, 1.82) is 0 Å². The number of benzene rings is 1. The Kier molecular flexibility index (Phi) is 4.13. The van der Waals surface area contributed by atoms with Crippen LogP contribution in [0.25, 0.3) is 5.69 Å². The number of ether oxygens (including phenoxy) is 1. The molecule has 0 saturated heterocycles. The topological polar surface area (TPSA) is 104 Å². The van der Waals surface area contributed by atoms with E-state index >= 15 is 0 Å². The van der Waals surface area contributed by atoms with Gasteiger partial charge in [0.05, 0.1) is 17.9 Å². The molecule has 0 atom stereocenters. The third-order valence-electron chi connectivity index (χ3n) is 3.83. The molecule has 1 aromatic heterocycles. The molecule has 3 rings (SSSR count). The van der Waals surface area contributed by atoms with Gasteiger partial charge in [0.15, 0.2) is 12.4 Å². The summed E-state index contributed by atoms with van der Waals surface area (Å²) in [6.45, 7) is -0.391. The number of rotatable bonds is 2. The summed E-state index contributed by atoms with van der Waals surface area (Å²) in [4.78, 5) is 38.0. The molecule has 0 radical (unpaired) electrons. The molecule has 1 amide bonds. The van der Waals surface area contributed by atoms with E-state index < -0.39 is 28.8 Å². The van der Waals surface area contributed by atoms with Crippen LogP contribution in [-0.2, 0) is 11.8 Å². The van der Waals surface area contributed by atoms with Gasteiger partial charge >= 0.3 is 11.4 Å². The number of nitrogen functional groups attached to an aromatic ring is 1. The van der Waals surface area contributed by atoms with E-state index in [1.807, 2.05) is 0 Å². The molecule has 2 aromatic rings. The van der Waals surface area contributed by atoms with E-state index in [0.29, 0.717) is 9.24 Å². The monoisotopic (exact) mass is 377 g/mol. The number of carbonyl (C=O) groups excluding carboxylic acids is 1. The number of anilines is 1. The smallest absolute Gasteiger partial charge is 0.357 e. The molecule has 134 valence electrons. The highest BCUT2D eigenvalue weighted by Gasteiger charge is 2.28. The number of aromatic nitrogens is 3. The molecule has 11 heteroatoms. The minimum absolute atomic E-state index is 0.0616. The van der Waals surface area contributed by atoms with E-state index in [9.17, 15) is 18.8 Å². The molecule has 2 N–H and O–H groups in total. The Hall–Kier alpha value is -3.39. The summed E-state index contributed by atoms with van der Waals surface area (Å²) in [5.74, 6) is 6.57. The van der Waals surface area contributed by atoms with Gasteiger partial charge in [-0.25, -0.2) is 18.5 Å². The second-order valence-corrected chi connectivity index (χ2v) is 5.72. The molecule has 0 unspecified atom stereocenters. The maximum absolute atomic E-state index is 14.6. The van der Waals surface area contributed by atoms with Crippen molar-refractivity contribution in [3.63, 3.8) is 0 Å². The minimum Gasteiger partial charge on any atom is -0.481 e. The maximum Gasteiger partial charge on any atom is 0.357 e. The summed E-state index contributed by atoms with van der Waals surface area (Å²) in [5, 5.41) is 0. The summed E-state index contributed by atoms with van der Waals surface area (Å²) in [6, 6.07) is 2.10. The second kappa shape index (κ2) is 6.16. The number of carbonyl (C=O) groups is 1. The molecule has 26 heavy (non-hydrogen) atoms. The molecular weight excluding hydrogens is 365 g/mol. The molecular formula is C15H12FN5O4S. The first kappa shape index (κ1) is 17.4. The number of hydrogen-bond donors (Lipinski definition) is 1. The molecule has 9 nitrogen and oxygen atoms in total. The number of nitrogens with two attached hydrogens (primary N) is 1. The average molecular weight is 377 g/mol. The molecule has 2 heterocycles. The van der Waals surface area contributed by atoms with Gasteiger partial charge in [0.2, 0.25) is 4.77 Å². The van der Waals surface area contributed by atoms with Gasteiger partial charge in [-0.3, -0.25) is 14.3 Å². The highest BCUT2D eigenvalue weighted by molar-refractivity contribution is 7.71. The van der Waals surface area contributed by atoms with Crippen LogP contribution in [-0.4, -0.2) is 32.9 Å². The number of hydrogen-bond acceptors (Lipinski definition) is 6. The Labute approximate surface area is 150 Å². The van der Waals surface area contributed by atoms with Crippen molar-refractivity contribution in [2.75, 3.05) is 23.9 Å². The van der Waals surface area contributed by atoms with Crippen LogP contribution >= 0.6 is 12.2 Å². The molecule has 0 spiro atoms. The van der Waals surface area contributed by atoms with Gasteiger partial charge in [-0.2, -0.15) is 4.68 Å². The van der Waals surface area contributed by atoms with Crippen molar-refractivity contribution in [1.82, 2.24) is 13.8 Å². The van der Waals surface area contributed by atoms with Gasteiger partial charge in [0.25, 0.3) is 5.91 Å². The summed E-state index contributed by atoms with van der Waals surface area (Å²) in [7, 11) is 1.29. The van der Waals surface area contributed by atoms with E-state index in [1.54, 1.807) is 0 Å². The van der Waals surface area contributed by atoms with Crippen molar-refractivity contribution in [3.8, 4) is 23.8 Å². The number of amides is 1. The third kappa shape index (κ3) is 2.47. The van der Waals surface area contributed by atoms with Crippen LogP contribution in [0.15, 0.2) is 21.7 Å². The highest BCUT2D eigenvalue weighted by atomic mass is 32.1. The lowest BCUT2D eigenvalue weighted by molar-refractivity contribution is -0.121. The summed E-state index contributed by atoms with van der Waals surface area (Å²) in [5.41, 5.74) is -2.21. The van der Waals surface area contributed by atoms with Crippen molar-refractivity contribution < 1.29 is 13.9 Å². The molecule has 0 fully saturated rings. The fourth-order valence-corrected chi connectivity index (χ4v) is 2.67. The molecule has 0 aliphatic carbocycles. The predicted octanol–water partition coefficient (Wildman–Crippen LogP) is -0.721. The van der Waals surface area contributed by atoms with Gasteiger partial charge in [-0.15, -0.1) is 6.42 Å². The van der Waals surface area contributed by atoms with Crippen LogP contribution in [0.4, 0.5) is 10.1 Å². The van der Waals surface area contributed by atoms with E-state index in [1.165, 1.54) is 11.9 Å². The zero-order valence-corrected chi connectivity index (χ0v) is 14.2.